The molecule has 3 aromatic rings. The van der Waals surface area contributed by atoms with E-state index in [0.717, 1.165) is 5.69 Å². The summed E-state index contributed by atoms with van der Waals surface area (Å²) in [5.74, 6) is 0.618. The van der Waals surface area contributed by atoms with Gasteiger partial charge < -0.3 is 14.5 Å². The Balaban J connectivity index is 1.41. The summed E-state index contributed by atoms with van der Waals surface area (Å²) in [6.45, 7) is 3.13. The van der Waals surface area contributed by atoms with Gasteiger partial charge in [-0.3, -0.25) is 9.48 Å². The van der Waals surface area contributed by atoms with Gasteiger partial charge in [-0.2, -0.15) is 5.10 Å². The topological polar surface area (TPSA) is 69.3 Å². The Morgan fingerprint density at radius 2 is 2.07 bits per heavy atom. The molecule has 0 aliphatic heterocycles. The van der Waals surface area contributed by atoms with Crippen molar-refractivity contribution in [1.29, 1.82) is 0 Å². The van der Waals surface area contributed by atoms with E-state index in [4.69, 9.17) is 20.8 Å². The molecule has 0 atom stereocenters. The Bertz CT molecular complexity index is 886. The fourth-order valence-corrected chi connectivity index (χ4v) is 2.55. The fourth-order valence-electron chi connectivity index (χ4n) is 2.40. The van der Waals surface area contributed by atoms with E-state index < -0.39 is 0 Å². The van der Waals surface area contributed by atoms with Crippen molar-refractivity contribution in [2.45, 2.75) is 26.5 Å². The van der Waals surface area contributed by atoms with Crippen molar-refractivity contribution in [2.75, 3.05) is 6.54 Å². The molecule has 2 aromatic heterocycles. The predicted molar refractivity (Wildman–Crippen MR) is 98.4 cm³/mol. The van der Waals surface area contributed by atoms with Crippen LogP contribution in [0.15, 0.2) is 47.0 Å². The molecule has 3 rings (SSSR count). The zero-order chi connectivity index (χ0) is 19.2. The van der Waals surface area contributed by atoms with Crippen LogP contribution in [0.3, 0.4) is 0 Å². The largest absolute Gasteiger partial charge is 0.486 e. The van der Waals surface area contributed by atoms with E-state index in [1.165, 1.54) is 24.3 Å². The number of amides is 1. The van der Waals surface area contributed by atoms with Crippen molar-refractivity contribution in [3.8, 4) is 5.75 Å². The van der Waals surface area contributed by atoms with Gasteiger partial charge in [-0.1, -0.05) is 11.6 Å². The average molecular weight is 392 g/mol. The number of ether oxygens (including phenoxy) is 1. The Morgan fingerprint density at radius 3 is 2.78 bits per heavy atom. The summed E-state index contributed by atoms with van der Waals surface area (Å²) in [4.78, 5) is 12.1. The highest BCUT2D eigenvalue weighted by Crippen LogP contribution is 2.15. The van der Waals surface area contributed by atoms with Crippen LogP contribution in [0.4, 0.5) is 4.39 Å². The lowest BCUT2D eigenvalue weighted by molar-refractivity contribution is 0.0920. The van der Waals surface area contributed by atoms with Gasteiger partial charge in [-0.05, 0) is 49.7 Å². The lowest BCUT2D eigenvalue weighted by Gasteiger charge is -2.05. The van der Waals surface area contributed by atoms with Gasteiger partial charge in [0.05, 0.1) is 10.7 Å². The summed E-state index contributed by atoms with van der Waals surface area (Å²) in [7, 11) is 0. The smallest absolute Gasteiger partial charge is 0.286 e. The quantitative estimate of drug-likeness (QED) is 0.590. The number of aryl methyl sites for hydroxylation is 2. The summed E-state index contributed by atoms with van der Waals surface area (Å²) < 4.78 is 25.6. The Kier molecular flexibility index (Phi) is 6.13. The second-order valence-corrected chi connectivity index (χ2v) is 6.35. The minimum absolute atomic E-state index is 0.151. The van der Waals surface area contributed by atoms with Crippen molar-refractivity contribution < 1.29 is 18.3 Å². The number of halogens is 2. The van der Waals surface area contributed by atoms with E-state index >= 15 is 0 Å². The van der Waals surface area contributed by atoms with Crippen LogP contribution in [0.5, 0.6) is 5.75 Å². The molecule has 1 aromatic carbocycles. The van der Waals surface area contributed by atoms with E-state index in [-0.39, 0.29) is 24.1 Å². The molecule has 0 radical (unpaired) electrons. The van der Waals surface area contributed by atoms with Crippen molar-refractivity contribution in [1.82, 2.24) is 15.1 Å². The highest BCUT2D eigenvalue weighted by atomic mass is 35.5. The standard InChI is InChI=1S/C19H19ClFN3O3/c1-13-17(20)11-24(23-13)10-2-9-22-19(25)18-8-7-16(27-18)12-26-15-5-3-14(21)4-6-15/h3-8,11H,2,9-10,12H2,1H3,(H,22,25). The van der Waals surface area contributed by atoms with Gasteiger partial charge in [0.1, 0.15) is 23.9 Å². The van der Waals surface area contributed by atoms with E-state index in [0.29, 0.717) is 36.0 Å². The maximum absolute atomic E-state index is 12.9. The van der Waals surface area contributed by atoms with Crippen LogP contribution in [-0.4, -0.2) is 22.2 Å². The van der Waals surface area contributed by atoms with E-state index in [2.05, 4.69) is 10.4 Å². The number of carbonyl (C=O) groups is 1. The van der Waals surface area contributed by atoms with Gasteiger partial charge in [0.15, 0.2) is 5.76 Å². The number of benzene rings is 1. The fraction of sp³-hybridized carbons (Fsp3) is 0.263. The van der Waals surface area contributed by atoms with Gasteiger partial charge in [0.2, 0.25) is 0 Å². The Hall–Kier alpha value is -2.80. The number of carbonyl (C=O) groups excluding carboxylic acids is 1. The third-order valence-electron chi connectivity index (χ3n) is 3.82. The zero-order valence-electron chi connectivity index (χ0n) is 14.7. The number of hydrogen-bond acceptors (Lipinski definition) is 4. The average Bonchev–Trinajstić information content (AvgIpc) is 3.25. The molecule has 0 bridgehead atoms. The summed E-state index contributed by atoms with van der Waals surface area (Å²) in [5.41, 5.74) is 0.784. The number of rotatable bonds is 8. The van der Waals surface area contributed by atoms with Gasteiger partial charge in [-0.15, -0.1) is 0 Å². The molecule has 0 saturated carbocycles. The highest BCUT2D eigenvalue weighted by Gasteiger charge is 2.11. The van der Waals surface area contributed by atoms with Gasteiger partial charge in [-0.25, -0.2) is 4.39 Å². The number of furan rings is 1. The third-order valence-corrected chi connectivity index (χ3v) is 4.19. The zero-order valence-corrected chi connectivity index (χ0v) is 15.5. The first-order valence-electron chi connectivity index (χ1n) is 8.46. The molecule has 0 fully saturated rings. The lowest BCUT2D eigenvalue weighted by Crippen LogP contribution is -2.24. The molecular weight excluding hydrogens is 373 g/mol. The van der Waals surface area contributed by atoms with Gasteiger partial charge in [0, 0.05) is 19.3 Å². The summed E-state index contributed by atoms with van der Waals surface area (Å²) in [5, 5.41) is 7.68. The second kappa shape index (κ2) is 8.73. The molecule has 6 nitrogen and oxygen atoms in total. The minimum atomic E-state index is -0.329. The number of hydrogen-bond donors (Lipinski definition) is 1. The Morgan fingerprint density at radius 1 is 1.30 bits per heavy atom. The Labute approximate surface area is 160 Å². The van der Waals surface area contributed by atoms with Crippen LogP contribution in [-0.2, 0) is 13.2 Å². The van der Waals surface area contributed by atoms with Crippen molar-refractivity contribution in [2.24, 2.45) is 0 Å². The molecular formula is C19H19ClFN3O3. The molecule has 2 heterocycles. The molecule has 0 spiro atoms. The van der Waals surface area contributed by atoms with Gasteiger partial charge in [0.25, 0.3) is 5.91 Å². The van der Waals surface area contributed by atoms with Crippen molar-refractivity contribution >= 4 is 17.5 Å². The van der Waals surface area contributed by atoms with Crippen LogP contribution in [0.25, 0.3) is 0 Å². The molecule has 1 amide bonds. The SMILES string of the molecule is Cc1nn(CCCNC(=O)c2ccc(COc3ccc(F)cc3)o2)cc1Cl. The monoisotopic (exact) mass is 391 g/mol. The van der Waals surface area contributed by atoms with Crippen molar-refractivity contribution in [3.63, 3.8) is 0 Å². The van der Waals surface area contributed by atoms with Crippen LogP contribution in [0, 0.1) is 12.7 Å². The molecule has 0 aliphatic rings. The second-order valence-electron chi connectivity index (χ2n) is 5.94. The van der Waals surface area contributed by atoms with E-state index in [1.807, 2.05) is 6.92 Å². The maximum atomic E-state index is 12.9. The number of nitrogens with one attached hydrogen (secondary N) is 1. The number of aromatic nitrogens is 2. The van der Waals surface area contributed by atoms with Gasteiger partial charge >= 0.3 is 0 Å². The van der Waals surface area contributed by atoms with E-state index in [1.54, 1.807) is 23.0 Å². The van der Waals surface area contributed by atoms with Crippen LogP contribution in [0.1, 0.15) is 28.4 Å². The van der Waals surface area contributed by atoms with Crippen LogP contribution < -0.4 is 10.1 Å². The molecule has 0 saturated heterocycles. The first-order chi connectivity index (χ1) is 13.0. The molecule has 27 heavy (non-hydrogen) atoms. The molecule has 8 heteroatoms. The maximum Gasteiger partial charge on any atom is 0.286 e. The normalized spacial score (nSPS) is 10.8. The first-order valence-corrected chi connectivity index (χ1v) is 8.84. The molecule has 1 N–H and O–H groups in total. The van der Waals surface area contributed by atoms with Crippen molar-refractivity contribution in [3.05, 3.63) is 70.6 Å². The summed E-state index contributed by atoms with van der Waals surface area (Å²) in [6.07, 6.45) is 2.48. The van der Waals surface area contributed by atoms with Crippen LogP contribution in [0.2, 0.25) is 5.02 Å². The molecule has 0 unspecified atom stereocenters. The van der Waals surface area contributed by atoms with E-state index in [9.17, 15) is 9.18 Å². The van der Waals surface area contributed by atoms with Crippen LogP contribution >= 0.6 is 11.6 Å². The predicted octanol–water partition coefficient (Wildman–Crippen LogP) is 3.98. The number of nitrogens with zero attached hydrogens (tertiary/aromatic N) is 2. The summed E-state index contributed by atoms with van der Waals surface area (Å²) >= 11 is 5.95. The third kappa shape index (κ3) is 5.34. The minimum Gasteiger partial charge on any atom is -0.486 e. The molecule has 0 aliphatic carbocycles. The lowest BCUT2D eigenvalue weighted by atomic mass is 10.3. The molecule has 142 valence electrons. The summed E-state index contributed by atoms with van der Waals surface area (Å²) in [6, 6.07) is 8.95. The first kappa shape index (κ1) is 19.0. The highest BCUT2D eigenvalue weighted by molar-refractivity contribution is 6.31.